The lowest BCUT2D eigenvalue weighted by molar-refractivity contribution is 0.0693. The number of benzene rings is 1. The van der Waals surface area contributed by atoms with Gasteiger partial charge in [0.15, 0.2) is 0 Å². The lowest BCUT2D eigenvalue weighted by Gasteiger charge is -2.31. The number of carboxylic acid groups (broad SMARTS) is 1. The van der Waals surface area contributed by atoms with Crippen LogP contribution in [0, 0.1) is 0 Å². The topological polar surface area (TPSA) is 40.5 Å². The molecule has 0 aliphatic carbocycles. The van der Waals surface area contributed by atoms with Crippen LogP contribution in [0.1, 0.15) is 50.4 Å². The molecule has 1 aromatic carbocycles. The molecule has 0 saturated carbocycles. The Hall–Kier alpha value is -1.16. The third-order valence-corrected chi connectivity index (χ3v) is 4.15. The molecule has 1 aromatic rings. The first-order valence-electron chi connectivity index (χ1n) is 7.19. The van der Waals surface area contributed by atoms with Crippen LogP contribution in [0.25, 0.3) is 0 Å². The summed E-state index contributed by atoms with van der Waals surface area (Å²) in [6, 6.07) is 6.04. The van der Waals surface area contributed by atoms with E-state index in [1.165, 1.54) is 24.6 Å². The van der Waals surface area contributed by atoms with Crippen LogP contribution in [0.4, 0.5) is 5.69 Å². The Balaban J connectivity index is 3.15. The fourth-order valence-electron chi connectivity index (χ4n) is 2.33. The number of carboxylic acids is 1. The first-order valence-corrected chi connectivity index (χ1v) is 8.42. The fourth-order valence-corrected chi connectivity index (χ4v) is 2.94. The molecule has 20 heavy (non-hydrogen) atoms. The van der Waals surface area contributed by atoms with Gasteiger partial charge in [0.2, 0.25) is 0 Å². The zero-order valence-corrected chi connectivity index (χ0v) is 13.7. The van der Waals surface area contributed by atoms with Crippen molar-refractivity contribution >= 4 is 23.4 Å². The maximum Gasteiger partial charge on any atom is 0.338 e. The van der Waals surface area contributed by atoms with Crippen molar-refractivity contribution in [2.75, 3.05) is 17.7 Å². The summed E-state index contributed by atoms with van der Waals surface area (Å²) < 4.78 is 0. The van der Waals surface area contributed by atoms with Crippen molar-refractivity contribution < 1.29 is 9.90 Å². The van der Waals surface area contributed by atoms with E-state index in [-0.39, 0.29) is 0 Å². The summed E-state index contributed by atoms with van der Waals surface area (Å²) in [5.41, 5.74) is 1.28. The molecular weight excluding hydrogens is 270 g/mol. The Morgan fingerprint density at radius 2 is 2.05 bits per heavy atom. The molecule has 0 radical (unpaired) electrons. The third-order valence-electron chi connectivity index (χ3n) is 3.37. The molecule has 0 aliphatic heterocycles. The van der Waals surface area contributed by atoms with Crippen molar-refractivity contribution in [2.45, 2.75) is 51.0 Å². The highest BCUT2D eigenvalue weighted by Crippen LogP contribution is 2.31. The molecule has 0 amide bonds. The van der Waals surface area contributed by atoms with E-state index in [2.05, 4.69) is 25.7 Å². The highest BCUT2D eigenvalue weighted by atomic mass is 32.2. The first-order chi connectivity index (χ1) is 9.52. The normalized spacial score (nSPS) is 10.8. The average Bonchev–Trinajstić information content (AvgIpc) is 2.42. The van der Waals surface area contributed by atoms with Crippen molar-refractivity contribution in [1.29, 1.82) is 0 Å². The van der Waals surface area contributed by atoms with Crippen molar-refractivity contribution in [3.05, 3.63) is 23.8 Å². The van der Waals surface area contributed by atoms with Crippen LogP contribution in [-0.4, -0.2) is 29.9 Å². The molecule has 0 unspecified atom stereocenters. The second-order valence-corrected chi connectivity index (χ2v) is 6.00. The minimum Gasteiger partial charge on any atom is -0.478 e. The Bertz CT molecular complexity index is 446. The molecule has 112 valence electrons. The number of hydrogen-bond acceptors (Lipinski definition) is 3. The summed E-state index contributed by atoms with van der Waals surface area (Å²) in [4.78, 5) is 14.7. The van der Waals surface area contributed by atoms with Gasteiger partial charge in [-0.2, -0.15) is 0 Å². The molecule has 0 spiro atoms. The third kappa shape index (κ3) is 4.17. The van der Waals surface area contributed by atoms with Crippen LogP contribution < -0.4 is 4.90 Å². The van der Waals surface area contributed by atoms with E-state index >= 15 is 0 Å². The molecule has 0 heterocycles. The quantitative estimate of drug-likeness (QED) is 0.566. The Morgan fingerprint density at radius 1 is 1.35 bits per heavy atom. The Kier molecular flexibility index (Phi) is 6.93. The van der Waals surface area contributed by atoms with Gasteiger partial charge in [0.05, 0.1) is 11.3 Å². The van der Waals surface area contributed by atoms with E-state index in [9.17, 15) is 9.90 Å². The SMILES string of the molecule is CCCCCN(c1cccc(SC)c1C(=O)O)C(C)C. The summed E-state index contributed by atoms with van der Waals surface area (Å²) in [6.07, 6.45) is 5.36. The Morgan fingerprint density at radius 3 is 2.55 bits per heavy atom. The first kappa shape index (κ1) is 16.9. The highest BCUT2D eigenvalue weighted by molar-refractivity contribution is 7.98. The van der Waals surface area contributed by atoms with Gasteiger partial charge in [-0.3, -0.25) is 0 Å². The number of hydrogen-bond donors (Lipinski definition) is 1. The molecule has 0 aliphatic rings. The maximum absolute atomic E-state index is 11.6. The second kappa shape index (κ2) is 8.20. The molecule has 0 fully saturated rings. The van der Waals surface area contributed by atoms with Gasteiger partial charge >= 0.3 is 5.97 Å². The summed E-state index contributed by atoms with van der Waals surface area (Å²) >= 11 is 1.49. The number of carbonyl (C=O) groups is 1. The maximum atomic E-state index is 11.6. The molecule has 4 heteroatoms. The lowest BCUT2D eigenvalue weighted by atomic mass is 10.1. The molecule has 0 atom stereocenters. The largest absolute Gasteiger partial charge is 0.478 e. The fraction of sp³-hybridized carbons (Fsp3) is 0.562. The number of anilines is 1. The zero-order chi connectivity index (χ0) is 15.1. The van der Waals surface area contributed by atoms with Crippen molar-refractivity contribution in [1.82, 2.24) is 0 Å². The molecule has 1 rings (SSSR count). The van der Waals surface area contributed by atoms with Crippen LogP contribution in [0.5, 0.6) is 0 Å². The number of unbranched alkanes of at least 4 members (excludes halogenated alkanes) is 2. The van der Waals surface area contributed by atoms with Crippen molar-refractivity contribution in [2.24, 2.45) is 0 Å². The highest BCUT2D eigenvalue weighted by Gasteiger charge is 2.21. The van der Waals surface area contributed by atoms with E-state index in [0.717, 1.165) is 23.5 Å². The van der Waals surface area contributed by atoms with Crippen LogP contribution >= 0.6 is 11.8 Å². The van der Waals surface area contributed by atoms with E-state index in [0.29, 0.717) is 11.6 Å². The van der Waals surface area contributed by atoms with Gasteiger partial charge in [0, 0.05) is 17.5 Å². The predicted octanol–water partition coefficient (Wildman–Crippen LogP) is 4.51. The van der Waals surface area contributed by atoms with Crippen molar-refractivity contribution in [3.63, 3.8) is 0 Å². The van der Waals surface area contributed by atoms with Gasteiger partial charge in [-0.05, 0) is 38.7 Å². The Labute approximate surface area is 126 Å². The molecule has 0 saturated heterocycles. The van der Waals surface area contributed by atoms with Gasteiger partial charge in [-0.1, -0.05) is 25.8 Å². The molecule has 3 nitrogen and oxygen atoms in total. The molecule has 0 aromatic heterocycles. The second-order valence-electron chi connectivity index (χ2n) is 5.15. The minimum absolute atomic E-state index is 0.294. The monoisotopic (exact) mass is 295 g/mol. The molecule has 1 N–H and O–H groups in total. The van der Waals surface area contributed by atoms with Crippen molar-refractivity contribution in [3.8, 4) is 0 Å². The number of nitrogens with zero attached hydrogens (tertiary/aromatic N) is 1. The van der Waals surface area contributed by atoms with E-state index in [1.54, 1.807) is 0 Å². The van der Waals surface area contributed by atoms with Crippen LogP contribution in [-0.2, 0) is 0 Å². The van der Waals surface area contributed by atoms with Crippen LogP contribution in [0.2, 0.25) is 0 Å². The van der Waals surface area contributed by atoms with E-state index in [4.69, 9.17) is 0 Å². The number of rotatable bonds is 8. The smallest absolute Gasteiger partial charge is 0.338 e. The molecule has 0 bridgehead atoms. The summed E-state index contributed by atoms with van der Waals surface area (Å²) in [5.74, 6) is -0.842. The van der Waals surface area contributed by atoms with Gasteiger partial charge in [0.1, 0.15) is 0 Å². The molecular formula is C16H25NO2S. The number of thioether (sulfide) groups is 1. The number of aromatic carboxylic acids is 1. The average molecular weight is 295 g/mol. The summed E-state index contributed by atoms with van der Waals surface area (Å²) in [6.45, 7) is 7.31. The van der Waals surface area contributed by atoms with Gasteiger partial charge in [0.25, 0.3) is 0 Å². The summed E-state index contributed by atoms with van der Waals surface area (Å²) in [5, 5.41) is 9.54. The van der Waals surface area contributed by atoms with E-state index in [1.807, 2.05) is 24.5 Å². The zero-order valence-electron chi connectivity index (χ0n) is 12.8. The van der Waals surface area contributed by atoms with Gasteiger partial charge < -0.3 is 10.0 Å². The standard InChI is InChI=1S/C16H25NO2S/c1-5-6-7-11-17(12(2)3)13-9-8-10-14(20-4)15(13)16(18)19/h8-10,12H,5-7,11H2,1-4H3,(H,18,19). The van der Waals surface area contributed by atoms with Crippen LogP contribution in [0.15, 0.2) is 23.1 Å². The van der Waals surface area contributed by atoms with Crippen LogP contribution in [0.3, 0.4) is 0 Å². The minimum atomic E-state index is -0.842. The summed E-state index contributed by atoms with van der Waals surface area (Å²) in [7, 11) is 0. The van der Waals surface area contributed by atoms with E-state index < -0.39 is 5.97 Å². The predicted molar refractivity (Wildman–Crippen MR) is 87.2 cm³/mol. The van der Waals surface area contributed by atoms with Gasteiger partial charge in [-0.25, -0.2) is 4.79 Å². The van der Waals surface area contributed by atoms with Gasteiger partial charge in [-0.15, -0.1) is 11.8 Å². The lowest BCUT2D eigenvalue weighted by Crippen LogP contribution is -2.33.